The summed E-state index contributed by atoms with van der Waals surface area (Å²) >= 11 is 0. The van der Waals surface area contributed by atoms with Crippen molar-refractivity contribution in [3.8, 4) is 11.4 Å². The molecule has 1 aromatic carbocycles. The lowest BCUT2D eigenvalue weighted by Crippen LogP contribution is -2.23. The molecule has 1 N–H and O–H groups in total. The minimum absolute atomic E-state index is 0.235. The molecule has 3 rings (SSSR count). The first-order valence-electron chi connectivity index (χ1n) is 6.38. The quantitative estimate of drug-likeness (QED) is 0.875. The van der Waals surface area contributed by atoms with Crippen LogP contribution >= 0.6 is 0 Å². The number of aromatic nitrogens is 3. The summed E-state index contributed by atoms with van der Waals surface area (Å²) in [5, 5.41) is 13.8. The highest BCUT2D eigenvalue weighted by Gasteiger charge is 2.21. The first-order valence-corrected chi connectivity index (χ1v) is 6.38. The van der Waals surface area contributed by atoms with Crippen molar-refractivity contribution < 1.29 is 5.11 Å². The number of hydrogen-bond acceptors (Lipinski definition) is 3. The van der Waals surface area contributed by atoms with E-state index in [9.17, 15) is 5.11 Å². The van der Waals surface area contributed by atoms with Gasteiger partial charge in [0.25, 0.3) is 0 Å². The predicted octanol–water partition coefficient (Wildman–Crippen LogP) is 1.81. The molecule has 4 nitrogen and oxygen atoms in total. The monoisotopic (exact) mass is 243 g/mol. The van der Waals surface area contributed by atoms with Gasteiger partial charge >= 0.3 is 0 Å². The molecule has 2 aromatic rings. The van der Waals surface area contributed by atoms with Gasteiger partial charge in [-0.25, -0.2) is 9.67 Å². The summed E-state index contributed by atoms with van der Waals surface area (Å²) in [7, 11) is 0. The van der Waals surface area contributed by atoms with Crippen LogP contribution in [0, 0.1) is 12.8 Å². The van der Waals surface area contributed by atoms with E-state index in [1.165, 1.54) is 5.56 Å². The van der Waals surface area contributed by atoms with Crippen LogP contribution in [0.2, 0.25) is 0 Å². The summed E-state index contributed by atoms with van der Waals surface area (Å²) in [6, 6.07) is 8.26. The molecule has 18 heavy (non-hydrogen) atoms. The Hall–Kier alpha value is -1.68. The molecule has 1 unspecified atom stereocenters. The van der Waals surface area contributed by atoms with E-state index in [2.05, 4.69) is 41.3 Å². The third-order valence-corrected chi connectivity index (χ3v) is 3.52. The Morgan fingerprint density at radius 2 is 2.11 bits per heavy atom. The molecule has 1 aromatic heterocycles. The molecule has 94 valence electrons. The van der Waals surface area contributed by atoms with Gasteiger partial charge < -0.3 is 5.11 Å². The smallest absolute Gasteiger partial charge is 0.181 e. The molecule has 0 fully saturated rings. The molecule has 0 saturated carbocycles. The van der Waals surface area contributed by atoms with Crippen LogP contribution in [0.4, 0.5) is 0 Å². The van der Waals surface area contributed by atoms with Gasteiger partial charge in [0.1, 0.15) is 5.82 Å². The number of benzene rings is 1. The van der Waals surface area contributed by atoms with Crippen LogP contribution in [-0.2, 0) is 13.0 Å². The molecule has 1 aliphatic heterocycles. The Kier molecular flexibility index (Phi) is 2.88. The molecule has 1 atom stereocenters. The lowest BCUT2D eigenvalue weighted by molar-refractivity contribution is 0.185. The number of rotatable bonds is 2. The molecule has 0 bridgehead atoms. The highest BCUT2D eigenvalue weighted by atomic mass is 16.3. The third kappa shape index (κ3) is 2.04. The van der Waals surface area contributed by atoms with Crippen LogP contribution in [0.25, 0.3) is 11.4 Å². The molecule has 0 spiro atoms. The van der Waals surface area contributed by atoms with Crippen LogP contribution in [-0.4, -0.2) is 26.5 Å². The van der Waals surface area contributed by atoms with E-state index >= 15 is 0 Å². The maximum absolute atomic E-state index is 9.21. The minimum atomic E-state index is 0.235. The molecule has 0 aliphatic carbocycles. The van der Waals surface area contributed by atoms with Crippen molar-refractivity contribution in [1.82, 2.24) is 14.8 Å². The average Bonchev–Trinajstić information content (AvgIpc) is 2.82. The Morgan fingerprint density at radius 1 is 1.33 bits per heavy atom. The summed E-state index contributed by atoms with van der Waals surface area (Å²) in [6.45, 7) is 3.09. The summed E-state index contributed by atoms with van der Waals surface area (Å²) < 4.78 is 1.94. The van der Waals surface area contributed by atoms with E-state index in [0.717, 1.165) is 36.6 Å². The average molecular weight is 243 g/mol. The van der Waals surface area contributed by atoms with E-state index in [1.807, 2.05) is 4.68 Å². The summed E-state index contributed by atoms with van der Waals surface area (Å²) in [4.78, 5) is 4.59. The third-order valence-electron chi connectivity index (χ3n) is 3.52. The van der Waals surface area contributed by atoms with Crippen molar-refractivity contribution in [2.45, 2.75) is 26.3 Å². The summed E-state index contributed by atoms with van der Waals surface area (Å²) in [6.07, 6.45) is 1.91. The number of nitrogens with zero attached hydrogens (tertiary/aromatic N) is 3. The number of aryl methyl sites for hydroxylation is 2. The van der Waals surface area contributed by atoms with Gasteiger partial charge in [0.2, 0.25) is 0 Å². The van der Waals surface area contributed by atoms with Crippen LogP contribution in [0.3, 0.4) is 0 Å². The lowest BCUT2D eigenvalue weighted by Gasteiger charge is -2.19. The van der Waals surface area contributed by atoms with Crippen LogP contribution < -0.4 is 0 Å². The lowest BCUT2D eigenvalue weighted by atomic mass is 10.0. The Balaban J connectivity index is 1.91. The van der Waals surface area contributed by atoms with Crippen molar-refractivity contribution in [3.05, 3.63) is 35.7 Å². The van der Waals surface area contributed by atoms with Gasteiger partial charge in [0.05, 0.1) is 0 Å². The van der Waals surface area contributed by atoms with Gasteiger partial charge in [-0.1, -0.05) is 29.8 Å². The Labute approximate surface area is 106 Å². The van der Waals surface area contributed by atoms with Crippen molar-refractivity contribution in [2.75, 3.05) is 6.61 Å². The fourth-order valence-corrected chi connectivity index (χ4v) is 2.35. The van der Waals surface area contributed by atoms with Crippen molar-refractivity contribution >= 4 is 0 Å². The van der Waals surface area contributed by atoms with E-state index < -0.39 is 0 Å². The zero-order valence-electron chi connectivity index (χ0n) is 10.5. The van der Waals surface area contributed by atoms with Gasteiger partial charge in [0, 0.05) is 31.1 Å². The highest BCUT2D eigenvalue weighted by molar-refractivity contribution is 5.54. The molecule has 2 heterocycles. The van der Waals surface area contributed by atoms with Crippen LogP contribution in [0.5, 0.6) is 0 Å². The minimum Gasteiger partial charge on any atom is -0.396 e. The number of fused-ring (bicyclic) bond motifs is 1. The molecule has 0 saturated heterocycles. The molecule has 1 aliphatic rings. The first kappa shape index (κ1) is 11.4. The van der Waals surface area contributed by atoms with Gasteiger partial charge in [-0.2, -0.15) is 5.10 Å². The maximum Gasteiger partial charge on any atom is 0.181 e. The molecular weight excluding hydrogens is 226 g/mol. The van der Waals surface area contributed by atoms with Gasteiger partial charge in [-0.3, -0.25) is 0 Å². The Bertz CT molecular complexity index is 545. The fraction of sp³-hybridized carbons (Fsp3) is 0.429. The fourth-order valence-electron chi connectivity index (χ4n) is 2.35. The van der Waals surface area contributed by atoms with E-state index in [4.69, 9.17) is 0 Å². The largest absolute Gasteiger partial charge is 0.396 e. The van der Waals surface area contributed by atoms with Crippen LogP contribution in [0.15, 0.2) is 24.3 Å². The van der Waals surface area contributed by atoms with E-state index in [1.54, 1.807) is 0 Å². The summed E-state index contributed by atoms with van der Waals surface area (Å²) in [5.74, 6) is 2.16. The zero-order valence-corrected chi connectivity index (χ0v) is 10.5. The van der Waals surface area contributed by atoms with E-state index in [0.29, 0.717) is 5.92 Å². The van der Waals surface area contributed by atoms with Crippen molar-refractivity contribution in [2.24, 2.45) is 5.92 Å². The topological polar surface area (TPSA) is 50.9 Å². The van der Waals surface area contributed by atoms with Gasteiger partial charge in [0.15, 0.2) is 5.82 Å². The van der Waals surface area contributed by atoms with Gasteiger partial charge in [-0.15, -0.1) is 0 Å². The normalized spacial score (nSPS) is 18.7. The Morgan fingerprint density at radius 3 is 2.83 bits per heavy atom. The number of aliphatic hydroxyl groups is 1. The number of aliphatic hydroxyl groups excluding tert-OH is 1. The molecule has 0 amide bonds. The molecule has 4 heteroatoms. The standard InChI is InChI=1S/C14H17N3O/c1-10-2-5-12(6-3-10)14-15-13-7-4-11(9-18)8-17(13)16-14/h2-3,5-6,11,18H,4,7-9H2,1H3. The summed E-state index contributed by atoms with van der Waals surface area (Å²) in [5.41, 5.74) is 2.30. The van der Waals surface area contributed by atoms with Crippen molar-refractivity contribution in [1.29, 1.82) is 0 Å². The van der Waals surface area contributed by atoms with E-state index in [-0.39, 0.29) is 6.61 Å². The zero-order chi connectivity index (χ0) is 12.5. The molecule has 0 radical (unpaired) electrons. The second-order valence-electron chi connectivity index (χ2n) is 4.99. The second kappa shape index (κ2) is 4.53. The maximum atomic E-state index is 9.21. The number of hydrogen-bond donors (Lipinski definition) is 1. The van der Waals surface area contributed by atoms with Crippen molar-refractivity contribution in [3.63, 3.8) is 0 Å². The van der Waals surface area contributed by atoms with Gasteiger partial charge in [-0.05, 0) is 13.3 Å². The van der Waals surface area contributed by atoms with Crippen LogP contribution in [0.1, 0.15) is 17.8 Å². The SMILES string of the molecule is Cc1ccc(-c2nc3n(n2)CC(CO)CC3)cc1. The first-order chi connectivity index (χ1) is 8.76. The second-order valence-corrected chi connectivity index (χ2v) is 4.99. The highest BCUT2D eigenvalue weighted by Crippen LogP contribution is 2.22. The molecular formula is C14H17N3O. The predicted molar refractivity (Wildman–Crippen MR) is 69.1 cm³/mol.